The first kappa shape index (κ1) is 17.7. The Bertz CT molecular complexity index is 1240. The minimum atomic E-state index is -0.401. The molecular formula is C19H18N6O3. The van der Waals surface area contributed by atoms with Crippen LogP contribution in [0.25, 0.3) is 33.5 Å². The lowest BCUT2D eigenvalue weighted by atomic mass is 10.1. The molecule has 0 aliphatic heterocycles. The second kappa shape index (κ2) is 7.12. The van der Waals surface area contributed by atoms with Crippen molar-refractivity contribution in [3.63, 3.8) is 0 Å². The summed E-state index contributed by atoms with van der Waals surface area (Å²) in [5.74, 6) is -0.228. The standard InChI is InChI=1S/C19H18N6O3/c1-28-8-7-22-18(26)10-4-5-12-11(9-10)14(20)15(23-12)16-19(27)25-17-13(24-16)3-2-6-21-17/h2-6,9,23H,7-8,20H2,1H3,(H,22,26)(H,21,25,27). The van der Waals surface area contributed by atoms with Crippen LogP contribution in [-0.4, -0.2) is 46.1 Å². The van der Waals surface area contributed by atoms with Gasteiger partial charge in [-0.15, -0.1) is 0 Å². The number of rotatable bonds is 5. The van der Waals surface area contributed by atoms with Crippen molar-refractivity contribution in [2.75, 3.05) is 26.0 Å². The SMILES string of the molecule is COCCNC(=O)c1ccc2[nH]c(-c3nc4cccnc4[nH]c3=O)c(N)c2c1. The summed E-state index contributed by atoms with van der Waals surface area (Å²) in [7, 11) is 1.57. The number of amides is 1. The van der Waals surface area contributed by atoms with E-state index in [0.717, 1.165) is 0 Å². The van der Waals surface area contributed by atoms with Gasteiger partial charge in [-0.2, -0.15) is 0 Å². The molecule has 1 aromatic carbocycles. The minimum absolute atomic E-state index is 0.167. The molecule has 9 heteroatoms. The zero-order chi connectivity index (χ0) is 19.7. The average Bonchev–Trinajstić information content (AvgIpc) is 3.03. The Balaban J connectivity index is 1.77. The summed E-state index contributed by atoms with van der Waals surface area (Å²) in [6.45, 7) is 0.835. The van der Waals surface area contributed by atoms with E-state index in [4.69, 9.17) is 10.5 Å². The highest BCUT2D eigenvalue weighted by molar-refractivity contribution is 6.04. The van der Waals surface area contributed by atoms with Gasteiger partial charge in [0, 0.05) is 36.3 Å². The second-order valence-electron chi connectivity index (χ2n) is 6.21. The number of carbonyl (C=O) groups is 1. The normalized spacial score (nSPS) is 11.2. The fourth-order valence-electron chi connectivity index (χ4n) is 3.00. The van der Waals surface area contributed by atoms with Crippen molar-refractivity contribution in [2.45, 2.75) is 0 Å². The largest absolute Gasteiger partial charge is 0.396 e. The number of nitrogens with two attached hydrogens (primary N) is 1. The maximum atomic E-state index is 12.5. The van der Waals surface area contributed by atoms with Gasteiger partial charge in [0.15, 0.2) is 11.3 Å². The molecule has 4 aromatic rings. The Morgan fingerprint density at radius 1 is 1.29 bits per heavy atom. The number of hydrogen-bond acceptors (Lipinski definition) is 6. The number of anilines is 1. The zero-order valence-corrected chi connectivity index (χ0v) is 15.1. The molecule has 142 valence electrons. The molecule has 0 atom stereocenters. The number of aromatic nitrogens is 4. The van der Waals surface area contributed by atoms with Gasteiger partial charge in [0.25, 0.3) is 11.5 Å². The summed E-state index contributed by atoms with van der Waals surface area (Å²) in [4.78, 5) is 39.1. The maximum Gasteiger partial charge on any atom is 0.277 e. The molecule has 4 rings (SSSR count). The first-order chi connectivity index (χ1) is 13.6. The monoisotopic (exact) mass is 378 g/mol. The number of hydrogen-bond donors (Lipinski definition) is 4. The van der Waals surface area contributed by atoms with Crippen molar-refractivity contribution in [3.05, 3.63) is 52.4 Å². The van der Waals surface area contributed by atoms with Gasteiger partial charge in [-0.05, 0) is 30.3 Å². The summed E-state index contributed by atoms with van der Waals surface area (Å²) in [6.07, 6.45) is 1.58. The van der Waals surface area contributed by atoms with Crippen molar-refractivity contribution < 1.29 is 9.53 Å². The molecule has 0 radical (unpaired) electrons. The topological polar surface area (TPSA) is 139 Å². The van der Waals surface area contributed by atoms with Gasteiger partial charge in [0.1, 0.15) is 5.52 Å². The van der Waals surface area contributed by atoms with Crippen LogP contribution in [0.4, 0.5) is 5.69 Å². The third-order valence-electron chi connectivity index (χ3n) is 4.40. The molecule has 0 aliphatic rings. The molecule has 0 spiro atoms. The van der Waals surface area contributed by atoms with Gasteiger partial charge < -0.3 is 25.8 Å². The molecule has 0 unspecified atom stereocenters. The van der Waals surface area contributed by atoms with E-state index >= 15 is 0 Å². The predicted molar refractivity (Wildman–Crippen MR) is 106 cm³/mol. The number of H-pyrrole nitrogens is 2. The van der Waals surface area contributed by atoms with Crippen molar-refractivity contribution in [3.8, 4) is 11.4 Å². The van der Waals surface area contributed by atoms with Crippen LogP contribution < -0.4 is 16.6 Å². The first-order valence-corrected chi connectivity index (χ1v) is 8.62. The summed E-state index contributed by atoms with van der Waals surface area (Å²) in [5.41, 5.74) is 8.92. The third kappa shape index (κ3) is 3.08. The lowest BCUT2D eigenvalue weighted by Crippen LogP contribution is -2.26. The van der Waals surface area contributed by atoms with Crippen LogP contribution in [0.1, 0.15) is 10.4 Å². The molecule has 0 bridgehead atoms. The number of benzene rings is 1. The van der Waals surface area contributed by atoms with Gasteiger partial charge in [0.05, 0.1) is 18.0 Å². The molecule has 0 aliphatic carbocycles. The van der Waals surface area contributed by atoms with Crippen molar-refractivity contribution in [2.24, 2.45) is 0 Å². The van der Waals surface area contributed by atoms with Gasteiger partial charge in [-0.3, -0.25) is 9.59 Å². The second-order valence-corrected chi connectivity index (χ2v) is 6.21. The van der Waals surface area contributed by atoms with Crippen molar-refractivity contribution in [1.82, 2.24) is 25.3 Å². The molecule has 0 fully saturated rings. The minimum Gasteiger partial charge on any atom is -0.396 e. The molecule has 1 amide bonds. The first-order valence-electron chi connectivity index (χ1n) is 8.62. The Kier molecular flexibility index (Phi) is 4.50. The van der Waals surface area contributed by atoms with E-state index in [-0.39, 0.29) is 11.6 Å². The number of ether oxygens (including phenoxy) is 1. The number of methoxy groups -OCH3 is 1. The number of nitrogen functional groups attached to an aromatic ring is 1. The van der Waals surface area contributed by atoms with E-state index in [1.807, 2.05) is 0 Å². The quantitative estimate of drug-likeness (QED) is 0.387. The zero-order valence-electron chi connectivity index (χ0n) is 15.1. The highest BCUT2D eigenvalue weighted by atomic mass is 16.5. The van der Waals surface area contributed by atoms with E-state index < -0.39 is 5.56 Å². The van der Waals surface area contributed by atoms with Crippen LogP contribution in [0.5, 0.6) is 0 Å². The van der Waals surface area contributed by atoms with E-state index in [1.54, 1.807) is 43.6 Å². The van der Waals surface area contributed by atoms with Crippen LogP contribution in [0.3, 0.4) is 0 Å². The Morgan fingerprint density at radius 3 is 2.96 bits per heavy atom. The van der Waals surface area contributed by atoms with Gasteiger partial charge in [-0.25, -0.2) is 9.97 Å². The molecular weight excluding hydrogens is 360 g/mol. The van der Waals surface area contributed by atoms with Crippen molar-refractivity contribution >= 4 is 33.7 Å². The molecule has 5 N–H and O–H groups in total. The maximum absolute atomic E-state index is 12.5. The third-order valence-corrected chi connectivity index (χ3v) is 4.40. The molecule has 0 saturated heterocycles. The molecule has 0 saturated carbocycles. The molecule has 3 heterocycles. The number of carbonyl (C=O) groups excluding carboxylic acids is 1. The Morgan fingerprint density at radius 2 is 2.14 bits per heavy atom. The van der Waals surface area contributed by atoms with Gasteiger partial charge in [0.2, 0.25) is 0 Å². The highest BCUT2D eigenvalue weighted by Gasteiger charge is 2.17. The van der Waals surface area contributed by atoms with E-state index in [2.05, 4.69) is 25.3 Å². The summed E-state index contributed by atoms with van der Waals surface area (Å²) in [5, 5.41) is 3.40. The fraction of sp³-hybridized carbons (Fsp3) is 0.158. The molecule has 9 nitrogen and oxygen atoms in total. The fourth-order valence-corrected chi connectivity index (χ4v) is 3.00. The molecule has 3 aromatic heterocycles. The van der Waals surface area contributed by atoms with Crippen LogP contribution >= 0.6 is 0 Å². The summed E-state index contributed by atoms with van der Waals surface area (Å²) >= 11 is 0. The lowest BCUT2D eigenvalue weighted by molar-refractivity contribution is 0.0937. The van der Waals surface area contributed by atoms with Crippen LogP contribution in [-0.2, 0) is 4.74 Å². The van der Waals surface area contributed by atoms with Gasteiger partial charge in [-0.1, -0.05) is 0 Å². The molecule has 28 heavy (non-hydrogen) atoms. The van der Waals surface area contributed by atoms with Gasteiger partial charge >= 0.3 is 0 Å². The van der Waals surface area contributed by atoms with Crippen LogP contribution in [0.2, 0.25) is 0 Å². The number of nitrogens with zero attached hydrogens (tertiary/aromatic N) is 2. The Hall–Kier alpha value is -3.72. The Labute approximate surface area is 159 Å². The van der Waals surface area contributed by atoms with E-state index in [0.29, 0.717) is 52.2 Å². The number of fused-ring (bicyclic) bond motifs is 2. The van der Waals surface area contributed by atoms with Crippen LogP contribution in [0.15, 0.2) is 41.3 Å². The average molecular weight is 378 g/mol. The van der Waals surface area contributed by atoms with E-state index in [1.165, 1.54) is 0 Å². The number of pyridine rings is 1. The number of nitrogens with one attached hydrogen (secondary N) is 3. The summed E-state index contributed by atoms with van der Waals surface area (Å²) < 4.78 is 4.93. The number of aromatic amines is 2. The van der Waals surface area contributed by atoms with Crippen LogP contribution in [0, 0.1) is 0 Å². The van der Waals surface area contributed by atoms with Crippen molar-refractivity contribution in [1.29, 1.82) is 0 Å². The predicted octanol–water partition coefficient (Wildman–Crippen LogP) is 1.42. The highest BCUT2D eigenvalue weighted by Crippen LogP contribution is 2.31. The van der Waals surface area contributed by atoms with E-state index in [9.17, 15) is 9.59 Å². The lowest BCUT2D eigenvalue weighted by Gasteiger charge is -2.04. The smallest absolute Gasteiger partial charge is 0.277 e. The summed E-state index contributed by atoms with van der Waals surface area (Å²) in [6, 6.07) is 8.61.